The first-order valence-corrected chi connectivity index (χ1v) is 9.79. The summed E-state index contributed by atoms with van der Waals surface area (Å²) in [4.78, 5) is 8.14. The Kier molecular flexibility index (Phi) is 8.13. The molecule has 0 aliphatic carbocycles. The first-order valence-electron chi connectivity index (χ1n) is 9.79. The van der Waals surface area contributed by atoms with Gasteiger partial charge < -0.3 is 20.1 Å². The second kappa shape index (κ2) is 10.1. The van der Waals surface area contributed by atoms with Gasteiger partial charge in [-0.2, -0.15) is 13.2 Å². The maximum atomic E-state index is 12.2. The molecule has 1 fully saturated rings. The summed E-state index contributed by atoms with van der Waals surface area (Å²) in [6.07, 6.45) is -0.545. The molecular weight excluding hydrogens is 385 g/mol. The zero-order valence-corrected chi connectivity index (χ0v) is 17.5. The van der Waals surface area contributed by atoms with Crippen LogP contribution in [0.3, 0.4) is 0 Å². The fourth-order valence-electron chi connectivity index (χ4n) is 3.40. The van der Waals surface area contributed by atoms with Crippen molar-refractivity contribution in [3.63, 3.8) is 0 Å². The first kappa shape index (κ1) is 23.3. The molecule has 0 amide bonds. The van der Waals surface area contributed by atoms with Crippen LogP contribution in [0, 0.1) is 11.3 Å². The van der Waals surface area contributed by atoms with Crippen molar-refractivity contribution in [2.24, 2.45) is 16.3 Å². The zero-order valence-electron chi connectivity index (χ0n) is 17.5. The summed E-state index contributed by atoms with van der Waals surface area (Å²) in [5, 5.41) is 6.54. The van der Waals surface area contributed by atoms with E-state index in [0.29, 0.717) is 18.4 Å². The number of hydrogen-bond donors (Lipinski definition) is 2. The van der Waals surface area contributed by atoms with Crippen molar-refractivity contribution in [1.29, 1.82) is 0 Å². The van der Waals surface area contributed by atoms with Gasteiger partial charge in [0.25, 0.3) is 0 Å². The van der Waals surface area contributed by atoms with Gasteiger partial charge in [-0.05, 0) is 23.8 Å². The molecular formula is C20H31F3N4O2. The molecule has 2 unspecified atom stereocenters. The second-order valence-electron chi connectivity index (χ2n) is 8.27. The summed E-state index contributed by atoms with van der Waals surface area (Å²) in [6, 6.07) is 3.09. The van der Waals surface area contributed by atoms with Crippen molar-refractivity contribution in [2.75, 3.05) is 26.8 Å². The Morgan fingerprint density at radius 2 is 2.03 bits per heavy atom. The van der Waals surface area contributed by atoms with Gasteiger partial charge in [-0.3, -0.25) is 4.99 Å². The fourth-order valence-corrected chi connectivity index (χ4v) is 3.40. The average Bonchev–Trinajstić information content (AvgIpc) is 2.66. The van der Waals surface area contributed by atoms with E-state index in [-0.39, 0.29) is 17.4 Å². The molecule has 9 heteroatoms. The van der Waals surface area contributed by atoms with Gasteiger partial charge in [0, 0.05) is 44.9 Å². The van der Waals surface area contributed by atoms with Crippen LogP contribution in [-0.4, -0.2) is 50.0 Å². The van der Waals surface area contributed by atoms with Crippen molar-refractivity contribution < 1.29 is 22.6 Å². The van der Waals surface area contributed by atoms with Crippen molar-refractivity contribution >= 4 is 5.96 Å². The molecule has 1 aromatic rings. The third-order valence-corrected chi connectivity index (χ3v) is 4.69. The lowest BCUT2D eigenvalue weighted by Gasteiger charge is -2.40. The molecule has 2 heterocycles. The van der Waals surface area contributed by atoms with E-state index in [0.717, 1.165) is 31.6 Å². The fraction of sp³-hybridized carbons (Fsp3) is 0.700. The van der Waals surface area contributed by atoms with Crippen molar-refractivity contribution in [1.82, 2.24) is 15.6 Å². The van der Waals surface area contributed by atoms with Crippen LogP contribution < -0.4 is 15.4 Å². The van der Waals surface area contributed by atoms with E-state index in [1.807, 2.05) is 0 Å². The summed E-state index contributed by atoms with van der Waals surface area (Å²) in [6.45, 7) is 7.23. The number of aromatic nitrogens is 1. The summed E-state index contributed by atoms with van der Waals surface area (Å²) in [7, 11) is 1.69. The van der Waals surface area contributed by atoms with E-state index in [1.165, 1.54) is 12.3 Å². The summed E-state index contributed by atoms with van der Waals surface area (Å²) < 4.78 is 47.1. The Hall–Kier alpha value is -2.03. The van der Waals surface area contributed by atoms with Crippen LogP contribution in [0.5, 0.6) is 5.88 Å². The van der Waals surface area contributed by atoms with Gasteiger partial charge in [-0.15, -0.1) is 0 Å². The Morgan fingerprint density at radius 1 is 1.28 bits per heavy atom. The normalized spacial score (nSPS) is 21.0. The molecule has 1 aliphatic heterocycles. The number of guanidine groups is 1. The predicted octanol–water partition coefficient (Wildman–Crippen LogP) is 3.53. The highest BCUT2D eigenvalue weighted by molar-refractivity contribution is 5.79. The lowest BCUT2D eigenvalue weighted by molar-refractivity contribution is -0.154. The van der Waals surface area contributed by atoms with Crippen LogP contribution in [-0.2, 0) is 11.3 Å². The van der Waals surface area contributed by atoms with Crippen molar-refractivity contribution in [3.05, 3.63) is 23.9 Å². The van der Waals surface area contributed by atoms with E-state index < -0.39 is 12.8 Å². The minimum absolute atomic E-state index is 0.0564. The van der Waals surface area contributed by atoms with Gasteiger partial charge in [-0.1, -0.05) is 26.8 Å². The number of rotatable bonds is 6. The number of pyridine rings is 1. The largest absolute Gasteiger partial charge is 0.468 e. The molecule has 2 atom stereocenters. The van der Waals surface area contributed by atoms with Gasteiger partial charge in [0.15, 0.2) is 12.6 Å². The number of halogens is 3. The van der Waals surface area contributed by atoms with Gasteiger partial charge in [0.2, 0.25) is 5.88 Å². The number of aliphatic imine (C=N–C) groups is 1. The molecule has 2 N–H and O–H groups in total. The maximum Gasteiger partial charge on any atom is 0.422 e. The van der Waals surface area contributed by atoms with Gasteiger partial charge in [0.1, 0.15) is 0 Å². The van der Waals surface area contributed by atoms with Gasteiger partial charge in [-0.25, -0.2) is 4.98 Å². The lowest BCUT2D eigenvalue weighted by Crippen LogP contribution is -2.47. The van der Waals surface area contributed by atoms with Crippen LogP contribution in [0.15, 0.2) is 23.3 Å². The highest BCUT2D eigenvalue weighted by Crippen LogP contribution is 2.33. The number of nitrogens with one attached hydrogen (secondary N) is 2. The molecule has 0 aromatic carbocycles. The Bertz CT molecular complexity index is 657. The standard InChI is InChI=1S/C20H31F3N4O2/c1-19(2,3)17-15(6-5-9-28-17)12-27-18(24-4)26-11-14-7-8-16(25-10-14)29-13-20(21,22)23/h7-8,10,15,17H,5-6,9,11-13H2,1-4H3,(H2,24,26,27). The summed E-state index contributed by atoms with van der Waals surface area (Å²) in [5.74, 6) is 0.994. The predicted molar refractivity (Wildman–Crippen MR) is 106 cm³/mol. The molecule has 0 saturated carbocycles. The molecule has 6 nitrogen and oxygen atoms in total. The third kappa shape index (κ3) is 8.08. The molecule has 0 spiro atoms. The Morgan fingerprint density at radius 3 is 2.62 bits per heavy atom. The average molecular weight is 416 g/mol. The van der Waals surface area contributed by atoms with Gasteiger partial charge in [0.05, 0.1) is 6.10 Å². The van der Waals surface area contributed by atoms with Crippen LogP contribution in [0.25, 0.3) is 0 Å². The number of hydrogen-bond acceptors (Lipinski definition) is 4. The highest BCUT2D eigenvalue weighted by Gasteiger charge is 2.35. The SMILES string of the molecule is CN=C(NCc1ccc(OCC(F)(F)F)nc1)NCC1CCCOC1C(C)(C)C. The molecule has 164 valence electrons. The van der Waals surface area contributed by atoms with Crippen LogP contribution in [0.2, 0.25) is 0 Å². The molecule has 1 saturated heterocycles. The number of nitrogens with zero attached hydrogens (tertiary/aromatic N) is 2. The van der Waals surface area contributed by atoms with Crippen LogP contribution >= 0.6 is 0 Å². The van der Waals surface area contributed by atoms with E-state index in [2.05, 4.69) is 46.1 Å². The monoisotopic (exact) mass is 416 g/mol. The van der Waals surface area contributed by atoms with E-state index in [1.54, 1.807) is 13.1 Å². The maximum absolute atomic E-state index is 12.2. The first-order chi connectivity index (χ1) is 13.6. The quantitative estimate of drug-likeness (QED) is 0.549. The molecule has 1 aromatic heterocycles. The van der Waals surface area contributed by atoms with Crippen LogP contribution in [0.4, 0.5) is 13.2 Å². The molecule has 2 rings (SSSR count). The topological polar surface area (TPSA) is 67.8 Å². The third-order valence-electron chi connectivity index (χ3n) is 4.69. The molecule has 1 aliphatic rings. The minimum atomic E-state index is -4.38. The zero-order chi connectivity index (χ0) is 21.5. The molecule has 0 bridgehead atoms. The smallest absolute Gasteiger partial charge is 0.422 e. The summed E-state index contributed by atoms with van der Waals surface area (Å²) >= 11 is 0. The highest BCUT2D eigenvalue weighted by atomic mass is 19.4. The van der Waals surface area contributed by atoms with Crippen molar-refractivity contribution in [3.8, 4) is 5.88 Å². The molecule has 29 heavy (non-hydrogen) atoms. The Labute approximate surface area is 170 Å². The van der Waals surface area contributed by atoms with Crippen LogP contribution in [0.1, 0.15) is 39.2 Å². The summed E-state index contributed by atoms with van der Waals surface area (Å²) in [5.41, 5.74) is 0.881. The number of ether oxygens (including phenoxy) is 2. The van der Waals surface area contributed by atoms with E-state index in [9.17, 15) is 13.2 Å². The minimum Gasteiger partial charge on any atom is -0.468 e. The Balaban J connectivity index is 1.81. The number of alkyl halides is 3. The van der Waals surface area contributed by atoms with Crippen molar-refractivity contribution in [2.45, 2.75) is 52.4 Å². The van der Waals surface area contributed by atoms with Gasteiger partial charge >= 0.3 is 6.18 Å². The molecule has 0 radical (unpaired) electrons. The second-order valence-corrected chi connectivity index (χ2v) is 8.27. The van der Waals surface area contributed by atoms with E-state index in [4.69, 9.17) is 4.74 Å². The lowest BCUT2D eigenvalue weighted by atomic mass is 9.78. The van der Waals surface area contributed by atoms with E-state index >= 15 is 0 Å².